The number of carbonyl (C=O) groups excluding carboxylic acids is 3. The summed E-state index contributed by atoms with van der Waals surface area (Å²) in [6, 6.07) is 14.3. The molecule has 2 aliphatic rings. The minimum Gasteiger partial charge on any atom is -0.321 e. The number of amides is 2. The third kappa shape index (κ3) is 2.23. The molecule has 2 N–H and O–H groups in total. The summed E-state index contributed by atoms with van der Waals surface area (Å²) in [5.41, 5.74) is 3.34. The van der Waals surface area contributed by atoms with Gasteiger partial charge in [0.1, 0.15) is 0 Å². The minimum absolute atomic E-state index is 0.305. The van der Waals surface area contributed by atoms with Crippen LogP contribution in [0.15, 0.2) is 60.7 Å². The number of ketones is 1. The number of para-hydroxylation sites is 2. The largest absolute Gasteiger partial charge is 0.321 e. The molecule has 0 radical (unpaired) electrons. The van der Waals surface area contributed by atoms with Gasteiger partial charge < -0.3 is 10.6 Å². The molecule has 0 atom stereocenters. The van der Waals surface area contributed by atoms with Crippen LogP contribution in [0, 0.1) is 0 Å². The Labute approximate surface area is 137 Å². The molecule has 0 bridgehead atoms. The standard InChI is InChI=1S/C19H12N2O3/c22-11(9-14-12-5-1-3-7-16(12)20-18(14)23)10-15-13-6-2-4-8-17(13)21-19(15)24/h1-10H,(H,20,23)(H,21,24)/b14-9+,15-10+. The summed E-state index contributed by atoms with van der Waals surface area (Å²) in [6.45, 7) is 0. The lowest BCUT2D eigenvalue weighted by atomic mass is 10.0. The number of rotatable bonds is 2. The number of anilines is 2. The molecule has 2 amide bonds. The summed E-state index contributed by atoms with van der Waals surface area (Å²) >= 11 is 0. The first kappa shape index (κ1) is 14.1. The molecule has 0 saturated carbocycles. The van der Waals surface area contributed by atoms with E-state index in [0.29, 0.717) is 33.6 Å². The molecule has 2 aromatic carbocycles. The maximum Gasteiger partial charge on any atom is 0.256 e. The van der Waals surface area contributed by atoms with Gasteiger partial charge in [0.2, 0.25) is 0 Å². The van der Waals surface area contributed by atoms with Crippen LogP contribution >= 0.6 is 0 Å². The molecule has 2 heterocycles. The molecule has 116 valence electrons. The molecule has 0 spiro atoms. The summed E-state index contributed by atoms with van der Waals surface area (Å²) in [4.78, 5) is 36.4. The first-order valence-corrected chi connectivity index (χ1v) is 7.42. The molecule has 5 nitrogen and oxygen atoms in total. The zero-order valence-electron chi connectivity index (χ0n) is 12.5. The van der Waals surface area contributed by atoms with Crippen molar-refractivity contribution in [1.82, 2.24) is 0 Å². The maximum atomic E-state index is 12.4. The second-order valence-corrected chi connectivity index (χ2v) is 5.52. The molecule has 2 aliphatic heterocycles. The van der Waals surface area contributed by atoms with Crippen LogP contribution in [-0.2, 0) is 14.4 Å². The van der Waals surface area contributed by atoms with Gasteiger partial charge in [0.15, 0.2) is 5.78 Å². The Morgan fingerprint density at radius 1 is 0.708 bits per heavy atom. The first-order valence-electron chi connectivity index (χ1n) is 7.42. The Bertz CT molecular complexity index is 893. The number of hydrogen-bond donors (Lipinski definition) is 2. The fraction of sp³-hybridized carbons (Fsp3) is 0. The third-order valence-corrected chi connectivity index (χ3v) is 3.99. The summed E-state index contributed by atoms with van der Waals surface area (Å²) < 4.78 is 0. The zero-order valence-corrected chi connectivity index (χ0v) is 12.5. The molecule has 0 saturated heterocycles. The molecular weight excluding hydrogens is 304 g/mol. The van der Waals surface area contributed by atoms with Gasteiger partial charge in [0.05, 0.1) is 11.1 Å². The van der Waals surface area contributed by atoms with Crippen LogP contribution in [0.5, 0.6) is 0 Å². The highest BCUT2D eigenvalue weighted by molar-refractivity contribution is 6.38. The Morgan fingerprint density at radius 2 is 1.12 bits per heavy atom. The van der Waals surface area contributed by atoms with Crippen LogP contribution in [0.3, 0.4) is 0 Å². The molecule has 24 heavy (non-hydrogen) atoms. The van der Waals surface area contributed by atoms with Gasteiger partial charge in [0.25, 0.3) is 11.8 Å². The molecule has 0 unspecified atom stereocenters. The lowest BCUT2D eigenvalue weighted by Crippen LogP contribution is -2.07. The van der Waals surface area contributed by atoms with E-state index in [1.807, 2.05) is 12.1 Å². The van der Waals surface area contributed by atoms with E-state index in [0.717, 1.165) is 0 Å². The van der Waals surface area contributed by atoms with E-state index in [1.54, 1.807) is 36.4 Å². The summed E-state index contributed by atoms with van der Waals surface area (Å²) in [5.74, 6) is -1.04. The van der Waals surface area contributed by atoms with E-state index in [2.05, 4.69) is 10.6 Å². The van der Waals surface area contributed by atoms with Crippen molar-refractivity contribution in [3.05, 3.63) is 71.8 Å². The molecule has 0 aromatic heterocycles. The number of carbonyl (C=O) groups is 3. The van der Waals surface area contributed by atoms with Crippen molar-refractivity contribution >= 4 is 40.1 Å². The van der Waals surface area contributed by atoms with Crippen molar-refractivity contribution in [1.29, 1.82) is 0 Å². The van der Waals surface area contributed by atoms with Crippen LogP contribution in [0.4, 0.5) is 11.4 Å². The number of fused-ring (bicyclic) bond motifs is 2. The average molecular weight is 316 g/mol. The van der Waals surface area contributed by atoms with Crippen molar-refractivity contribution in [2.75, 3.05) is 10.6 Å². The van der Waals surface area contributed by atoms with Gasteiger partial charge in [-0.25, -0.2) is 0 Å². The molecule has 0 aliphatic carbocycles. The molecule has 0 fully saturated rings. The fourth-order valence-electron chi connectivity index (χ4n) is 2.89. The van der Waals surface area contributed by atoms with Crippen molar-refractivity contribution in [3.63, 3.8) is 0 Å². The van der Waals surface area contributed by atoms with E-state index in [9.17, 15) is 14.4 Å². The highest BCUT2D eigenvalue weighted by atomic mass is 16.2. The molecule has 2 aromatic rings. The van der Waals surface area contributed by atoms with Crippen LogP contribution in [0.2, 0.25) is 0 Å². The highest BCUT2D eigenvalue weighted by Gasteiger charge is 2.26. The SMILES string of the molecule is O=C(/C=C1/C(=O)Nc2ccccc21)/C=C1/C(=O)Nc2ccccc21. The van der Waals surface area contributed by atoms with E-state index in [1.165, 1.54) is 12.2 Å². The van der Waals surface area contributed by atoms with Gasteiger partial charge in [-0.15, -0.1) is 0 Å². The van der Waals surface area contributed by atoms with Gasteiger partial charge in [-0.2, -0.15) is 0 Å². The van der Waals surface area contributed by atoms with Gasteiger partial charge in [-0.05, 0) is 24.3 Å². The van der Waals surface area contributed by atoms with Crippen molar-refractivity contribution < 1.29 is 14.4 Å². The molecule has 5 heteroatoms. The Hall–Kier alpha value is -3.47. The summed E-state index contributed by atoms with van der Waals surface area (Å²) in [7, 11) is 0. The monoisotopic (exact) mass is 316 g/mol. The number of benzene rings is 2. The fourth-order valence-corrected chi connectivity index (χ4v) is 2.89. The van der Waals surface area contributed by atoms with Crippen molar-refractivity contribution in [2.24, 2.45) is 0 Å². The predicted octanol–water partition coefficient (Wildman–Crippen LogP) is 2.63. The Balaban J connectivity index is 1.71. The van der Waals surface area contributed by atoms with Crippen LogP contribution in [-0.4, -0.2) is 17.6 Å². The molecular formula is C19H12N2O3. The van der Waals surface area contributed by atoms with E-state index < -0.39 is 5.78 Å². The minimum atomic E-state index is -0.404. The average Bonchev–Trinajstić information content (AvgIpc) is 3.05. The van der Waals surface area contributed by atoms with Gasteiger partial charge in [-0.1, -0.05) is 36.4 Å². The first-order chi connectivity index (χ1) is 11.6. The van der Waals surface area contributed by atoms with Gasteiger partial charge >= 0.3 is 0 Å². The number of nitrogens with one attached hydrogen (secondary N) is 2. The summed E-state index contributed by atoms with van der Waals surface area (Å²) in [5, 5.41) is 5.42. The quantitative estimate of drug-likeness (QED) is 0.836. The van der Waals surface area contributed by atoms with Crippen LogP contribution in [0.25, 0.3) is 11.1 Å². The van der Waals surface area contributed by atoms with Crippen LogP contribution in [0.1, 0.15) is 11.1 Å². The van der Waals surface area contributed by atoms with Gasteiger partial charge in [0, 0.05) is 22.5 Å². The predicted molar refractivity (Wildman–Crippen MR) is 91.1 cm³/mol. The third-order valence-electron chi connectivity index (χ3n) is 3.99. The lowest BCUT2D eigenvalue weighted by Gasteiger charge is -1.97. The smallest absolute Gasteiger partial charge is 0.256 e. The van der Waals surface area contributed by atoms with Crippen molar-refractivity contribution in [3.8, 4) is 0 Å². The van der Waals surface area contributed by atoms with Crippen LogP contribution < -0.4 is 10.6 Å². The van der Waals surface area contributed by atoms with E-state index >= 15 is 0 Å². The van der Waals surface area contributed by atoms with E-state index in [4.69, 9.17) is 0 Å². The molecule has 4 rings (SSSR count). The Morgan fingerprint density at radius 3 is 1.58 bits per heavy atom. The summed E-state index contributed by atoms with van der Waals surface area (Å²) in [6.07, 6.45) is 2.53. The lowest BCUT2D eigenvalue weighted by molar-refractivity contribution is -0.112. The number of allylic oxidation sites excluding steroid dienone is 2. The van der Waals surface area contributed by atoms with E-state index in [-0.39, 0.29) is 11.8 Å². The number of hydrogen-bond acceptors (Lipinski definition) is 3. The normalized spacial score (nSPS) is 18.3. The maximum absolute atomic E-state index is 12.4. The second-order valence-electron chi connectivity index (χ2n) is 5.52. The van der Waals surface area contributed by atoms with Gasteiger partial charge in [-0.3, -0.25) is 14.4 Å². The highest BCUT2D eigenvalue weighted by Crippen LogP contribution is 2.33. The second kappa shape index (κ2) is 5.31. The zero-order chi connectivity index (χ0) is 16.7. The Kier molecular flexibility index (Phi) is 3.13. The van der Waals surface area contributed by atoms with Crippen molar-refractivity contribution in [2.45, 2.75) is 0 Å². The topological polar surface area (TPSA) is 75.3 Å².